The maximum atomic E-state index is 11.0. The molecule has 0 aromatic carbocycles. The zero-order chi connectivity index (χ0) is 11.0. The Morgan fingerprint density at radius 3 is 2.93 bits per heavy atom. The maximum Gasteiger partial charge on any atom is 0.339 e. The van der Waals surface area contributed by atoms with Gasteiger partial charge in [0.15, 0.2) is 5.65 Å². The Labute approximate surface area is 87.2 Å². The van der Waals surface area contributed by atoms with Gasteiger partial charge in [-0.25, -0.2) is 9.78 Å². The number of carbonyl (C=O) groups is 1. The molecule has 15 heavy (non-hydrogen) atoms. The minimum Gasteiger partial charge on any atom is -0.478 e. The van der Waals surface area contributed by atoms with Crippen LogP contribution in [0.4, 0.5) is 0 Å². The molecule has 2 aromatic rings. The summed E-state index contributed by atoms with van der Waals surface area (Å²) in [5, 5.41) is 9.00. The summed E-state index contributed by atoms with van der Waals surface area (Å²) >= 11 is 0. The van der Waals surface area contributed by atoms with Gasteiger partial charge in [0.05, 0.1) is 5.69 Å². The number of rotatable bonds is 2. The molecule has 4 heteroatoms. The molecule has 0 fully saturated rings. The number of carboxylic acids is 1. The predicted octanol–water partition coefficient (Wildman–Crippen LogP) is 1.90. The van der Waals surface area contributed by atoms with Gasteiger partial charge < -0.3 is 9.51 Å². The summed E-state index contributed by atoms with van der Waals surface area (Å²) in [6.07, 6.45) is 2.65. The lowest BCUT2D eigenvalue weighted by Gasteiger charge is -1.98. The van der Waals surface area contributed by atoms with Gasteiger partial charge in [0.2, 0.25) is 0 Å². The molecule has 0 unspecified atom stereocenters. The molecule has 0 bridgehead atoms. The molecule has 1 N–H and O–H groups in total. The van der Waals surface area contributed by atoms with Gasteiger partial charge in [-0.3, -0.25) is 0 Å². The van der Waals surface area contributed by atoms with Gasteiger partial charge >= 0.3 is 5.97 Å². The van der Waals surface area contributed by atoms with Crippen molar-refractivity contribution in [1.82, 2.24) is 9.38 Å². The Balaban J connectivity index is 2.81. The molecular weight excluding hydrogens is 192 g/mol. The molecule has 4 nitrogen and oxygen atoms in total. The summed E-state index contributed by atoms with van der Waals surface area (Å²) in [4.78, 5) is 15.3. The SMILES string of the molecule is CCc1nc2c(C(=O)O)cccn2c1C. The van der Waals surface area contributed by atoms with Crippen molar-refractivity contribution in [2.75, 3.05) is 0 Å². The van der Waals surface area contributed by atoms with E-state index in [0.717, 1.165) is 17.8 Å². The monoisotopic (exact) mass is 204 g/mol. The van der Waals surface area contributed by atoms with Crippen LogP contribution < -0.4 is 0 Å². The first-order valence-electron chi connectivity index (χ1n) is 4.85. The minimum atomic E-state index is -0.937. The molecule has 0 atom stereocenters. The van der Waals surface area contributed by atoms with Gasteiger partial charge in [-0.2, -0.15) is 0 Å². The first kappa shape index (κ1) is 9.71. The average molecular weight is 204 g/mol. The van der Waals surface area contributed by atoms with Crippen LogP contribution in [0.15, 0.2) is 18.3 Å². The first-order valence-corrected chi connectivity index (χ1v) is 4.85. The molecule has 2 aromatic heterocycles. The number of aromatic carboxylic acids is 1. The van der Waals surface area contributed by atoms with E-state index in [1.54, 1.807) is 12.1 Å². The van der Waals surface area contributed by atoms with Crippen LogP contribution in [0.1, 0.15) is 28.7 Å². The highest BCUT2D eigenvalue weighted by Gasteiger charge is 2.13. The van der Waals surface area contributed by atoms with Gasteiger partial charge in [-0.05, 0) is 25.5 Å². The summed E-state index contributed by atoms with van der Waals surface area (Å²) < 4.78 is 1.82. The zero-order valence-electron chi connectivity index (χ0n) is 8.69. The number of hydrogen-bond donors (Lipinski definition) is 1. The number of hydrogen-bond acceptors (Lipinski definition) is 2. The highest BCUT2D eigenvalue weighted by Crippen LogP contribution is 2.15. The Morgan fingerprint density at radius 1 is 1.60 bits per heavy atom. The number of nitrogens with zero attached hydrogens (tertiary/aromatic N) is 2. The Bertz CT molecular complexity index is 529. The van der Waals surface area contributed by atoms with Crippen molar-refractivity contribution >= 4 is 11.6 Å². The third-order valence-electron chi connectivity index (χ3n) is 2.55. The lowest BCUT2D eigenvalue weighted by Crippen LogP contribution is -2.00. The molecule has 0 saturated heterocycles. The van der Waals surface area contributed by atoms with Crippen LogP contribution in [0.5, 0.6) is 0 Å². The van der Waals surface area contributed by atoms with E-state index in [4.69, 9.17) is 5.11 Å². The van der Waals surface area contributed by atoms with E-state index in [-0.39, 0.29) is 5.56 Å². The number of aromatic nitrogens is 2. The number of carboxylic acid groups (broad SMARTS) is 1. The van der Waals surface area contributed by atoms with Crippen molar-refractivity contribution in [3.63, 3.8) is 0 Å². The molecule has 0 aliphatic carbocycles. The molecule has 0 spiro atoms. The molecule has 2 heterocycles. The minimum absolute atomic E-state index is 0.250. The molecule has 78 valence electrons. The van der Waals surface area contributed by atoms with E-state index >= 15 is 0 Å². The van der Waals surface area contributed by atoms with E-state index in [2.05, 4.69) is 4.98 Å². The summed E-state index contributed by atoms with van der Waals surface area (Å²) in [5.41, 5.74) is 2.74. The third kappa shape index (κ3) is 1.38. The largest absolute Gasteiger partial charge is 0.478 e. The summed E-state index contributed by atoms with van der Waals surface area (Å²) in [6, 6.07) is 3.30. The number of imidazole rings is 1. The maximum absolute atomic E-state index is 11.0. The van der Waals surface area contributed by atoms with E-state index in [9.17, 15) is 4.79 Å². The van der Waals surface area contributed by atoms with Crippen LogP contribution in [-0.2, 0) is 6.42 Å². The van der Waals surface area contributed by atoms with Crippen LogP contribution in [0, 0.1) is 6.92 Å². The second-order valence-corrected chi connectivity index (χ2v) is 3.42. The lowest BCUT2D eigenvalue weighted by molar-refractivity contribution is 0.0698. The van der Waals surface area contributed by atoms with Gasteiger partial charge in [-0.1, -0.05) is 6.92 Å². The van der Waals surface area contributed by atoms with Crippen molar-refractivity contribution in [3.8, 4) is 0 Å². The van der Waals surface area contributed by atoms with Gasteiger partial charge in [-0.15, -0.1) is 0 Å². The lowest BCUT2D eigenvalue weighted by atomic mass is 10.3. The van der Waals surface area contributed by atoms with Gasteiger partial charge in [0, 0.05) is 11.9 Å². The smallest absolute Gasteiger partial charge is 0.339 e. The normalized spacial score (nSPS) is 10.8. The van der Waals surface area contributed by atoms with Gasteiger partial charge in [0.25, 0.3) is 0 Å². The summed E-state index contributed by atoms with van der Waals surface area (Å²) in [6.45, 7) is 3.96. The molecular formula is C11H12N2O2. The van der Waals surface area contributed by atoms with Crippen LogP contribution >= 0.6 is 0 Å². The first-order chi connectivity index (χ1) is 7.15. The molecule has 0 aliphatic heterocycles. The highest BCUT2D eigenvalue weighted by atomic mass is 16.4. The third-order valence-corrected chi connectivity index (χ3v) is 2.55. The number of aryl methyl sites for hydroxylation is 2. The zero-order valence-corrected chi connectivity index (χ0v) is 8.69. The van der Waals surface area contributed by atoms with Crippen molar-refractivity contribution in [3.05, 3.63) is 35.3 Å². The van der Waals surface area contributed by atoms with E-state index in [1.165, 1.54) is 0 Å². The fraction of sp³-hybridized carbons (Fsp3) is 0.273. The molecule has 0 radical (unpaired) electrons. The predicted molar refractivity (Wildman–Crippen MR) is 56.3 cm³/mol. The van der Waals surface area contributed by atoms with Gasteiger partial charge in [0.1, 0.15) is 5.56 Å². The topological polar surface area (TPSA) is 54.6 Å². The average Bonchev–Trinajstić information content (AvgIpc) is 2.55. The van der Waals surface area contributed by atoms with E-state index in [1.807, 2.05) is 24.4 Å². The fourth-order valence-electron chi connectivity index (χ4n) is 1.73. The quantitative estimate of drug-likeness (QED) is 0.812. The van der Waals surface area contributed by atoms with Crippen molar-refractivity contribution < 1.29 is 9.90 Å². The Hall–Kier alpha value is -1.84. The highest BCUT2D eigenvalue weighted by molar-refractivity contribution is 5.94. The van der Waals surface area contributed by atoms with Crippen LogP contribution in [-0.4, -0.2) is 20.5 Å². The number of fused-ring (bicyclic) bond motifs is 1. The number of pyridine rings is 1. The van der Waals surface area contributed by atoms with E-state index in [0.29, 0.717) is 5.65 Å². The summed E-state index contributed by atoms with van der Waals surface area (Å²) in [5.74, 6) is -0.937. The second kappa shape index (κ2) is 3.38. The van der Waals surface area contributed by atoms with Crippen molar-refractivity contribution in [2.45, 2.75) is 20.3 Å². The second-order valence-electron chi connectivity index (χ2n) is 3.42. The standard InChI is InChI=1S/C11H12N2O2/c1-3-9-7(2)13-6-4-5-8(11(14)15)10(13)12-9/h4-6H,3H2,1-2H3,(H,14,15). The van der Waals surface area contributed by atoms with Crippen molar-refractivity contribution in [2.24, 2.45) is 0 Å². The molecule has 0 amide bonds. The molecule has 2 rings (SSSR count). The molecule has 0 saturated carbocycles. The van der Waals surface area contributed by atoms with Crippen molar-refractivity contribution in [1.29, 1.82) is 0 Å². The van der Waals surface area contributed by atoms with Crippen LogP contribution in [0.2, 0.25) is 0 Å². The molecule has 0 aliphatic rings. The summed E-state index contributed by atoms with van der Waals surface area (Å²) in [7, 11) is 0. The fourth-order valence-corrected chi connectivity index (χ4v) is 1.73. The Morgan fingerprint density at radius 2 is 2.33 bits per heavy atom. The van der Waals surface area contributed by atoms with Crippen LogP contribution in [0.25, 0.3) is 5.65 Å². The van der Waals surface area contributed by atoms with Crippen LogP contribution in [0.3, 0.4) is 0 Å². The Kier molecular flexibility index (Phi) is 2.19. The van der Waals surface area contributed by atoms with E-state index < -0.39 is 5.97 Å².